The minimum absolute atomic E-state index is 0.0237. The van der Waals surface area contributed by atoms with Gasteiger partial charge in [-0.2, -0.15) is 0 Å². The third-order valence-corrected chi connectivity index (χ3v) is 4.92. The van der Waals surface area contributed by atoms with Crippen LogP contribution in [0.15, 0.2) is 65.6 Å². The van der Waals surface area contributed by atoms with Gasteiger partial charge in [-0.15, -0.1) is 0 Å². The molecule has 0 aliphatic rings. The second-order valence-corrected chi connectivity index (χ2v) is 7.19. The Bertz CT molecular complexity index is 1300. The van der Waals surface area contributed by atoms with E-state index in [4.69, 9.17) is 23.1 Å². The first-order chi connectivity index (χ1) is 14.8. The Morgan fingerprint density at radius 3 is 2.45 bits per heavy atom. The van der Waals surface area contributed by atoms with Crippen molar-refractivity contribution in [2.45, 2.75) is 20.3 Å². The summed E-state index contributed by atoms with van der Waals surface area (Å²) in [7, 11) is 0. The van der Waals surface area contributed by atoms with Crippen molar-refractivity contribution in [3.8, 4) is 5.69 Å². The number of pyridine rings is 1. The zero-order chi connectivity index (χ0) is 22.5. The van der Waals surface area contributed by atoms with Crippen molar-refractivity contribution in [3.63, 3.8) is 0 Å². The molecule has 2 aromatic heterocycles. The minimum atomic E-state index is -0.657. The van der Waals surface area contributed by atoms with Crippen LogP contribution in [-0.4, -0.2) is 20.4 Å². The van der Waals surface area contributed by atoms with Gasteiger partial charge >= 0.3 is 0 Å². The Morgan fingerprint density at radius 1 is 1.13 bits per heavy atom. The molecular formula is C23H22ClN5O2. The maximum atomic E-state index is 12.8. The van der Waals surface area contributed by atoms with E-state index in [1.54, 1.807) is 17.6 Å². The van der Waals surface area contributed by atoms with Gasteiger partial charge in [-0.1, -0.05) is 48.9 Å². The molecule has 4 rings (SSSR count). The number of benzene rings is 2. The quantitative estimate of drug-likeness (QED) is 0.509. The van der Waals surface area contributed by atoms with Crippen molar-refractivity contribution in [1.82, 2.24) is 14.5 Å². The van der Waals surface area contributed by atoms with Crippen molar-refractivity contribution >= 4 is 34.1 Å². The summed E-state index contributed by atoms with van der Waals surface area (Å²) in [5.74, 6) is -0.576. The fourth-order valence-electron chi connectivity index (χ4n) is 3.18. The summed E-state index contributed by atoms with van der Waals surface area (Å²) in [6, 6.07) is 17.3. The van der Waals surface area contributed by atoms with Crippen LogP contribution < -0.4 is 17.0 Å². The fourth-order valence-corrected chi connectivity index (χ4v) is 3.44. The first kappa shape index (κ1) is 22.0. The van der Waals surface area contributed by atoms with Crippen LogP contribution in [0.3, 0.4) is 0 Å². The molecule has 158 valence electrons. The zero-order valence-corrected chi connectivity index (χ0v) is 17.9. The Kier molecular flexibility index (Phi) is 6.67. The molecular weight excluding hydrogens is 414 g/mol. The molecule has 31 heavy (non-hydrogen) atoms. The van der Waals surface area contributed by atoms with Crippen LogP contribution in [0.1, 0.15) is 28.8 Å². The van der Waals surface area contributed by atoms with Gasteiger partial charge < -0.3 is 11.5 Å². The number of fused-ring (bicyclic) bond motifs is 1. The number of halogens is 1. The van der Waals surface area contributed by atoms with Crippen molar-refractivity contribution in [2.24, 2.45) is 5.73 Å². The monoisotopic (exact) mass is 435 g/mol. The van der Waals surface area contributed by atoms with Gasteiger partial charge in [0.2, 0.25) is 0 Å². The number of nitrogens with two attached hydrogens (primary N) is 2. The summed E-state index contributed by atoms with van der Waals surface area (Å²) in [6.45, 7) is 3.78. The summed E-state index contributed by atoms with van der Waals surface area (Å²) in [5, 5.41) is 1.97. The normalized spacial score (nSPS) is 10.4. The third kappa shape index (κ3) is 4.73. The van der Waals surface area contributed by atoms with Gasteiger partial charge in [-0.25, -0.2) is 9.97 Å². The number of nitrogens with zero attached hydrogens (tertiary/aromatic N) is 3. The highest BCUT2D eigenvalue weighted by molar-refractivity contribution is 6.35. The van der Waals surface area contributed by atoms with Crippen LogP contribution in [0.5, 0.6) is 0 Å². The number of rotatable bonds is 3. The highest BCUT2D eigenvalue weighted by atomic mass is 35.5. The second-order valence-electron chi connectivity index (χ2n) is 6.78. The lowest BCUT2D eigenvalue weighted by Gasteiger charge is -2.14. The summed E-state index contributed by atoms with van der Waals surface area (Å²) in [6.07, 6.45) is 2.23. The van der Waals surface area contributed by atoms with E-state index < -0.39 is 5.91 Å². The Hall–Kier alpha value is -3.71. The lowest BCUT2D eigenvalue weighted by molar-refractivity contribution is 0.0996. The number of aryl methyl sites for hydroxylation is 2. The molecule has 2 heterocycles. The average molecular weight is 436 g/mol. The molecule has 0 aliphatic carbocycles. The standard InChI is InChI=1S/C17H14ClNO.C6H8N4O/c1-2-13-11-12-7-6-10-15(18)16(12)17(20)19(13)14-8-4-3-5-9-14;1-3-2-9-4(6(8)11)5(7)10-3/h3-11H,2H2,1H3;2H,1H3,(H2,7,10)(H2,8,11). The van der Waals surface area contributed by atoms with E-state index in [0.717, 1.165) is 23.2 Å². The number of anilines is 1. The lowest BCUT2D eigenvalue weighted by atomic mass is 10.1. The molecule has 0 spiro atoms. The van der Waals surface area contributed by atoms with Crippen LogP contribution in [0.2, 0.25) is 5.02 Å². The molecule has 0 fully saturated rings. The second kappa shape index (κ2) is 9.40. The number of hydrogen-bond acceptors (Lipinski definition) is 5. The largest absolute Gasteiger partial charge is 0.382 e. The van der Waals surface area contributed by atoms with E-state index in [1.807, 2.05) is 55.5 Å². The summed E-state index contributed by atoms with van der Waals surface area (Å²) >= 11 is 6.20. The Balaban J connectivity index is 0.000000210. The smallest absolute Gasteiger partial charge is 0.271 e. The number of hydrogen-bond donors (Lipinski definition) is 2. The molecule has 0 atom stereocenters. The Morgan fingerprint density at radius 2 is 1.84 bits per heavy atom. The summed E-state index contributed by atoms with van der Waals surface area (Å²) in [5.41, 5.74) is 12.8. The van der Waals surface area contributed by atoms with Gasteiger partial charge in [0.05, 0.1) is 16.1 Å². The number of primary amides is 1. The number of carbonyl (C=O) groups is 1. The molecule has 0 unspecified atom stereocenters. The van der Waals surface area contributed by atoms with Gasteiger partial charge in [0.25, 0.3) is 11.5 Å². The topological polar surface area (TPSA) is 117 Å². The van der Waals surface area contributed by atoms with Gasteiger partial charge in [0.1, 0.15) is 0 Å². The molecule has 4 aromatic rings. The predicted molar refractivity (Wildman–Crippen MR) is 124 cm³/mol. The summed E-state index contributed by atoms with van der Waals surface area (Å²) in [4.78, 5) is 30.9. The van der Waals surface area contributed by atoms with E-state index in [0.29, 0.717) is 16.1 Å². The molecule has 0 saturated heterocycles. The van der Waals surface area contributed by atoms with Crippen molar-refractivity contribution < 1.29 is 4.79 Å². The van der Waals surface area contributed by atoms with Crippen LogP contribution in [0.25, 0.3) is 16.5 Å². The number of amides is 1. The van der Waals surface area contributed by atoms with Crippen LogP contribution in [-0.2, 0) is 6.42 Å². The van der Waals surface area contributed by atoms with E-state index in [9.17, 15) is 9.59 Å². The van der Waals surface area contributed by atoms with Crippen LogP contribution in [0, 0.1) is 6.92 Å². The molecule has 7 nitrogen and oxygen atoms in total. The molecule has 0 radical (unpaired) electrons. The zero-order valence-electron chi connectivity index (χ0n) is 17.2. The first-order valence-electron chi connectivity index (χ1n) is 9.61. The molecule has 0 aliphatic heterocycles. The molecule has 2 aromatic carbocycles. The fraction of sp³-hybridized carbons (Fsp3) is 0.130. The predicted octanol–water partition coefficient (Wildman–Crippen LogP) is 3.67. The van der Waals surface area contributed by atoms with Crippen molar-refractivity contribution in [2.75, 3.05) is 5.73 Å². The molecule has 4 N–H and O–H groups in total. The van der Waals surface area contributed by atoms with E-state index in [2.05, 4.69) is 9.97 Å². The average Bonchev–Trinajstić information content (AvgIpc) is 2.74. The first-order valence-corrected chi connectivity index (χ1v) is 9.98. The number of carbonyl (C=O) groups excluding carboxylic acids is 1. The van der Waals surface area contributed by atoms with Gasteiger partial charge in [-0.05, 0) is 43.0 Å². The highest BCUT2D eigenvalue weighted by Gasteiger charge is 2.12. The van der Waals surface area contributed by atoms with Gasteiger partial charge in [0.15, 0.2) is 11.5 Å². The van der Waals surface area contributed by atoms with Crippen LogP contribution in [0.4, 0.5) is 5.82 Å². The van der Waals surface area contributed by atoms with Gasteiger partial charge in [0, 0.05) is 17.6 Å². The summed E-state index contributed by atoms with van der Waals surface area (Å²) < 4.78 is 1.74. The van der Waals surface area contributed by atoms with E-state index in [1.165, 1.54) is 6.20 Å². The molecule has 0 saturated carbocycles. The Labute approximate surface area is 184 Å². The van der Waals surface area contributed by atoms with Crippen LogP contribution >= 0.6 is 11.6 Å². The van der Waals surface area contributed by atoms with E-state index in [-0.39, 0.29) is 17.1 Å². The number of para-hydroxylation sites is 1. The SMILES string of the molecule is CCc1cc2cccc(Cl)c2c(=O)n1-c1ccccc1.Cc1cnc(C(N)=O)c(N)n1. The van der Waals surface area contributed by atoms with Crippen molar-refractivity contribution in [1.29, 1.82) is 0 Å². The molecule has 8 heteroatoms. The highest BCUT2D eigenvalue weighted by Crippen LogP contribution is 2.22. The van der Waals surface area contributed by atoms with Crippen molar-refractivity contribution in [3.05, 3.63) is 93.3 Å². The minimum Gasteiger partial charge on any atom is -0.382 e. The third-order valence-electron chi connectivity index (χ3n) is 4.60. The molecule has 1 amide bonds. The van der Waals surface area contributed by atoms with Gasteiger partial charge in [-0.3, -0.25) is 14.2 Å². The maximum Gasteiger partial charge on any atom is 0.271 e. The lowest BCUT2D eigenvalue weighted by Crippen LogP contribution is -2.22. The maximum absolute atomic E-state index is 12.8. The molecule has 0 bridgehead atoms. The number of nitrogen functional groups attached to an aromatic ring is 1. The number of aromatic nitrogens is 3. The van der Waals surface area contributed by atoms with E-state index >= 15 is 0 Å².